The first-order valence-corrected chi connectivity index (χ1v) is 9.06. The highest BCUT2D eigenvalue weighted by Gasteiger charge is 2.17. The zero-order valence-electron chi connectivity index (χ0n) is 16.5. The molecule has 2 rings (SSSR count). The first-order valence-electron chi connectivity index (χ1n) is 9.06. The lowest BCUT2D eigenvalue weighted by molar-refractivity contribution is -0.122. The molecule has 0 fully saturated rings. The molecule has 0 saturated heterocycles. The number of ether oxygens (including phenoxy) is 2. The lowest BCUT2D eigenvalue weighted by Gasteiger charge is -2.20. The summed E-state index contributed by atoms with van der Waals surface area (Å²) in [5.74, 6) is -0.00660. The number of benzene rings is 2. The second-order valence-corrected chi connectivity index (χ2v) is 7.32. The number of carbonyl (C=O) groups excluding carboxylic acids is 2. The molecule has 0 radical (unpaired) electrons. The summed E-state index contributed by atoms with van der Waals surface area (Å²) in [4.78, 5) is 24.0. The van der Waals surface area contributed by atoms with Crippen LogP contribution in [0.3, 0.4) is 0 Å². The van der Waals surface area contributed by atoms with Crippen molar-refractivity contribution in [1.29, 1.82) is 0 Å². The molecule has 144 valence electrons. The van der Waals surface area contributed by atoms with E-state index in [4.69, 9.17) is 9.47 Å². The standard InChI is InChI=1S/C22H27NO4/c1-6-26-21(25)16-7-11-18(12-8-16)23-20(24)15(2)27-19-13-9-17(10-14-19)22(3,4)5/h7-15H,6H2,1-5H3,(H,23,24)/t15-/m0/s1. The van der Waals surface area contributed by atoms with E-state index in [0.717, 1.165) is 0 Å². The van der Waals surface area contributed by atoms with Crippen molar-refractivity contribution >= 4 is 17.6 Å². The van der Waals surface area contributed by atoms with Crippen LogP contribution in [0.1, 0.15) is 50.5 Å². The summed E-state index contributed by atoms with van der Waals surface area (Å²) in [5, 5.41) is 2.78. The first-order chi connectivity index (χ1) is 12.7. The molecule has 0 unspecified atom stereocenters. The number of rotatable bonds is 6. The predicted octanol–water partition coefficient (Wildman–Crippen LogP) is 4.57. The average molecular weight is 369 g/mol. The average Bonchev–Trinajstić information content (AvgIpc) is 2.62. The highest BCUT2D eigenvalue weighted by Crippen LogP contribution is 2.24. The van der Waals surface area contributed by atoms with Gasteiger partial charge >= 0.3 is 5.97 Å². The second-order valence-electron chi connectivity index (χ2n) is 7.32. The Morgan fingerprint density at radius 1 is 1.00 bits per heavy atom. The predicted molar refractivity (Wildman–Crippen MR) is 106 cm³/mol. The van der Waals surface area contributed by atoms with Gasteiger partial charge in [0.2, 0.25) is 0 Å². The lowest BCUT2D eigenvalue weighted by Crippen LogP contribution is -2.30. The van der Waals surface area contributed by atoms with Crippen LogP contribution in [0.4, 0.5) is 5.69 Å². The first kappa shape index (κ1) is 20.5. The van der Waals surface area contributed by atoms with Gasteiger partial charge in [-0.05, 0) is 61.2 Å². The maximum Gasteiger partial charge on any atom is 0.338 e. The fourth-order valence-corrected chi connectivity index (χ4v) is 2.44. The smallest absolute Gasteiger partial charge is 0.338 e. The summed E-state index contributed by atoms with van der Waals surface area (Å²) in [5.41, 5.74) is 2.30. The zero-order chi connectivity index (χ0) is 20.0. The minimum absolute atomic E-state index is 0.0667. The number of amides is 1. The van der Waals surface area contributed by atoms with Gasteiger partial charge in [-0.3, -0.25) is 4.79 Å². The van der Waals surface area contributed by atoms with Crippen LogP contribution in [0.5, 0.6) is 5.75 Å². The van der Waals surface area contributed by atoms with Crippen molar-refractivity contribution in [2.24, 2.45) is 0 Å². The van der Waals surface area contributed by atoms with Gasteiger partial charge in [-0.1, -0.05) is 32.9 Å². The van der Waals surface area contributed by atoms with Crippen molar-refractivity contribution in [3.8, 4) is 5.75 Å². The van der Waals surface area contributed by atoms with Gasteiger partial charge in [-0.25, -0.2) is 4.79 Å². The number of carbonyl (C=O) groups is 2. The van der Waals surface area contributed by atoms with E-state index in [1.54, 1.807) is 38.1 Å². The van der Waals surface area contributed by atoms with E-state index in [0.29, 0.717) is 23.6 Å². The van der Waals surface area contributed by atoms with E-state index in [9.17, 15) is 9.59 Å². The Morgan fingerprint density at radius 2 is 1.59 bits per heavy atom. The fourth-order valence-electron chi connectivity index (χ4n) is 2.44. The molecule has 5 nitrogen and oxygen atoms in total. The van der Waals surface area contributed by atoms with Gasteiger partial charge in [0.25, 0.3) is 5.91 Å². The summed E-state index contributed by atoms with van der Waals surface area (Å²) in [6.45, 7) is 10.2. The summed E-state index contributed by atoms with van der Waals surface area (Å²) in [6.07, 6.45) is -0.657. The Balaban J connectivity index is 1.94. The van der Waals surface area contributed by atoms with Crippen molar-refractivity contribution in [3.63, 3.8) is 0 Å². The third kappa shape index (κ3) is 5.84. The molecule has 2 aromatic carbocycles. The molecule has 1 amide bonds. The number of nitrogens with one attached hydrogen (secondary N) is 1. The monoisotopic (exact) mass is 369 g/mol. The topological polar surface area (TPSA) is 64.6 Å². The summed E-state index contributed by atoms with van der Waals surface area (Å²) >= 11 is 0. The minimum atomic E-state index is -0.657. The SMILES string of the molecule is CCOC(=O)c1ccc(NC(=O)[C@H](C)Oc2ccc(C(C)(C)C)cc2)cc1. The van der Waals surface area contributed by atoms with E-state index < -0.39 is 6.10 Å². The van der Waals surface area contributed by atoms with Gasteiger partial charge in [-0.2, -0.15) is 0 Å². The van der Waals surface area contributed by atoms with Gasteiger partial charge in [0.15, 0.2) is 6.10 Å². The molecular formula is C22H27NO4. The van der Waals surface area contributed by atoms with Crippen LogP contribution < -0.4 is 10.1 Å². The molecule has 0 aliphatic rings. The van der Waals surface area contributed by atoms with E-state index >= 15 is 0 Å². The van der Waals surface area contributed by atoms with E-state index in [2.05, 4.69) is 26.1 Å². The maximum absolute atomic E-state index is 12.3. The van der Waals surface area contributed by atoms with Crippen LogP contribution in [0.25, 0.3) is 0 Å². The van der Waals surface area contributed by atoms with Crippen LogP contribution in [-0.4, -0.2) is 24.6 Å². The summed E-state index contributed by atoms with van der Waals surface area (Å²) < 4.78 is 10.7. The Morgan fingerprint density at radius 3 is 2.11 bits per heavy atom. The van der Waals surface area contributed by atoms with Crippen molar-refractivity contribution < 1.29 is 19.1 Å². The summed E-state index contributed by atoms with van der Waals surface area (Å²) in [7, 11) is 0. The molecule has 0 aromatic heterocycles. The second kappa shape index (κ2) is 8.71. The lowest BCUT2D eigenvalue weighted by atomic mass is 9.87. The van der Waals surface area contributed by atoms with Crippen LogP contribution in [-0.2, 0) is 14.9 Å². The minimum Gasteiger partial charge on any atom is -0.481 e. The number of hydrogen-bond donors (Lipinski definition) is 1. The molecule has 0 heterocycles. The summed E-state index contributed by atoms with van der Waals surface area (Å²) in [6, 6.07) is 14.3. The van der Waals surface area contributed by atoms with Crippen molar-refractivity contribution in [2.75, 3.05) is 11.9 Å². The molecule has 27 heavy (non-hydrogen) atoms. The molecule has 0 aliphatic carbocycles. The van der Waals surface area contributed by atoms with Crippen molar-refractivity contribution in [3.05, 3.63) is 59.7 Å². The third-order valence-electron chi connectivity index (χ3n) is 4.07. The van der Waals surface area contributed by atoms with E-state index in [1.165, 1.54) is 5.56 Å². The molecular weight excluding hydrogens is 342 g/mol. The molecule has 0 saturated carbocycles. The highest BCUT2D eigenvalue weighted by atomic mass is 16.5. The number of anilines is 1. The van der Waals surface area contributed by atoms with Gasteiger partial charge < -0.3 is 14.8 Å². The molecule has 2 aromatic rings. The molecule has 0 aliphatic heterocycles. The Hall–Kier alpha value is -2.82. The van der Waals surface area contributed by atoms with E-state index in [-0.39, 0.29) is 17.3 Å². The zero-order valence-corrected chi connectivity index (χ0v) is 16.5. The van der Waals surface area contributed by atoms with Gasteiger partial charge in [0, 0.05) is 5.69 Å². The normalized spacial score (nSPS) is 12.2. The Kier molecular flexibility index (Phi) is 6.61. The van der Waals surface area contributed by atoms with Crippen LogP contribution in [0.15, 0.2) is 48.5 Å². The van der Waals surface area contributed by atoms with Crippen LogP contribution in [0.2, 0.25) is 0 Å². The quantitative estimate of drug-likeness (QED) is 0.758. The Labute approximate surface area is 160 Å². The van der Waals surface area contributed by atoms with Crippen LogP contribution >= 0.6 is 0 Å². The van der Waals surface area contributed by atoms with Gasteiger partial charge in [0.1, 0.15) is 5.75 Å². The Bertz CT molecular complexity index is 773. The third-order valence-corrected chi connectivity index (χ3v) is 4.07. The fraction of sp³-hybridized carbons (Fsp3) is 0.364. The molecule has 1 atom stereocenters. The van der Waals surface area contributed by atoms with E-state index in [1.807, 2.05) is 24.3 Å². The maximum atomic E-state index is 12.3. The van der Waals surface area contributed by atoms with Crippen molar-refractivity contribution in [2.45, 2.75) is 46.1 Å². The largest absolute Gasteiger partial charge is 0.481 e. The van der Waals surface area contributed by atoms with Gasteiger partial charge in [0.05, 0.1) is 12.2 Å². The number of esters is 1. The highest BCUT2D eigenvalue weighted by molar-refractivity contribution is 5.95. The number of hydrogen-bond acceptors (Lipinski definition) is 4. The molecule has 1 N–H and O–H groups in total. The van der Waals surface area contributed by atoms with Gasteiger partial charge in [-0.15, -0.1) is 0 Å². The van der Waals surface area contributed by atoms with Crippen molar-refractivity contribution in [1.82, 2.24) is 0 Å². The molecule has 0 bridgehead atoms. The molecule has 5 heteroatoms. The van der Waals surface area contributed by atoms with Crippen LogP contribution in [0, 0.1) is 0 Å². The molecule has 0 spiro atoms.